The van der Waals surface area contributed by atoms with Crippen molar-refractivity contribution >= 4 is 34.9 Å². The molecule has 0 bridgehead atoms. The number of hydrogen-bond donors (Lipinski definition) is 0. The molecule has 2 unspecified atom stereocenters. The average molecular weight is 397 g/mol. The Bertz CT molecular complexity index is 1060. The molecule has 1 saturated heterocycles. The van der Waals surface area contributed by atoms with Gasteiger partial charge in [-0.05, 0) is 36.8 Å². The van der Waals surface area contributed by atoms with Gasteiger partial charge in [0.15, 0.2) is 24.0 Å². The van der Waals surface area contributed by atoms with E-state index in [1.807, 2.05) is 0 Å². The highest BCUT2D eigenvalue weighted by Gasteiger charge is 2.53. The van der Waals surface area contributed by atoms with Crippen molar-refractivity contribution in [3.05, 3.63) is 76.8 Å². The zero-order chi connectivity index (χ0) is 19.8. The number of benzene rings is 1. The Morgan fingerprint density at radius 3 is 2.43 bits per heavy atom. The Balaban J connectivity index is 1.83. The number of nitrogens with one attached hydrogen (secondary N) is 1. The van der Waals surface area contributed by atoms with Gasteiger partial charge in [-0.2, -0.15) is 0 Å². The van der Waals surface area contributed by atoms with Crippen molar-refractivity contribution < 1.29 is 23.9 Å². The van der Waals surface area contributed by atoms with Crippen LogP contribution in [0.4, 0.5) is 5.82 Å². The molecular weight excluding hydrogens is 382 g/mol. The predicted molar refractivity (Wildman–Crippen MR) is 98.7 cm³/mol. The van der Waals surface area contributed by atoms with Gasteiger partial charge in [-0.25, -0.2) is 4.98 Å². The number of amides is 1. The number of hydrogen-bond acceptors (Lipinski definition) is 5. The number of halogens is 1. The number of anilines is 1. The highest BCUT2D eigenvalue weighted by atomic mass is 35.5. The van der Waals surface area contributed by atoms with Crippen LogP contribution >= 0.6 is 11.6 Å². The molecule has 3 aromatic rings. The molecule has 4 rings (SSSR count). The Labute approximate surface area is 164 Å². The minimum Gasteiger partial charge on any atom is -0.360 e. The fourth-order valence-electron chi connectivity index (χ4n) is 3.38. The number of nitrogens with zero attached hydrogens (tertiary/aromatic N) is 2. The lowest BCUT2D eigenvalue weighted by Crippen LogP contribution is -2.31. The molecular formula is C20H15ClN3O4+. The molecule has 1 amide bonds. The van der Waals surface area contributed by atoms with Gasteiger partial charge < -0.3 is 4.52 Å². The maximum absolute atomic E-state index is 13.2. The second-order valence-corrected chi connectivity index (χ2v) is 6.90. The second kappa shape index (κ2) is 7.01. The maximum Gasteiger partial charge on any atom is 0.297 e. The highest BCUT2D eigenvalue weighted by molar-refractivity contribution is 6.48. The van der Waals surface area contributed by atoms with Crippen molar-refractivity contribution in [1.29, 1.82) is 0 Å². The molecule has 1 aliphatic heterocycles. The lowest BCUT2D eigenvalue weighted by Gasteiger charge is -2.24. The Hall–Kier alpha value is -3.32. The number of pyridine rings is 1. The molecule has 1 aromatic carbocycles. The van der Waals surface area contributed by atoms with E-state index < -0.39 is 29.4 Å². The van der Waals surface area contributed by atoms with Crippen LogP contribution in [-0.4, -0.2) is 22.6 Å². The van der Waals surface area contributed by atoms with Gasteiger partial charge in [0, 0.05) is 28.8 Å². The molecule has 0 spiro atoms. The molecule has 7 nitrogen and oxygen atoms in total. The molecule has 28 heavy (non-hydrogen) atoms. The third kappa shape index (κ3) is 2.99. The lowest BCUT2D eigenvalue weighted by molar-refractivity contribution is -0.378. The third-order valence-electron chi connectivity index (χ3n) is 4.67. The van der Waals surface area contributed by atoms with Gasteiger partial charge in [0.05, 0.1) is 6.04 Å². The first-order valence-corrected chi connectivity index (χ1v) is 8.91. The topological polar surface area (TPSA) is 94.6 Å². The number of ketones is 2. The van der Waals surface area contributed by atoms with Gasteiger partial charge in [0.25, 0.3) is 5.91 Å². The van der Waals surface area contributed by atoms with Crippen LogP contribution < -0.4 is 9.88 Å². The van der Waals surface area contributed by atoms with E-state index in [1.165, 1.54) is 4.90 Å². The summed E-state index contributed by atoms with van der Waals surface area (Å²) in [6, 6.07) is 10.4. The van der Waals surface area contributed by atoms with E-state index in [0.717, 1.165) is 0 Å². The zero-order valence-corrected chi connectivity index (χ0v) is 15.5. The molecule has 3 heterocycles. The average Bonchev–Trinajstić information content (AvgIpc) is 3.24. The number of aromatic amines is 1. The number of carbonyl (C=O) groups is 3. The number of carbonyl (C=O) groups excluding carboxylic acids is 3. The molecule has 1 fully saturated rings. The molecule has 2 aromatic heterocycles. The highest BCUT2D eigenvalue weighted by Crippen LogP contribution is 2.40. The molecule has 1 aliphatic rings. The van der Waals surface area contributed by atoms with Gasteiger partial charge in [0.1, 0.15) is 11.7 Å². The molecule has 0 aliphatic carbocycles. The van der Waals surface area contributed by atoms with Gasteiger partial charge >= 0.3 is 0 Å². The predicted octanol–water partition coefficient (Wildman–Crippen LogP) is 2.61. The van der Waals surface area contributed by atoms with E-state index >= 15 is 0 Å². The van der Waals surface area contributed by atoms with Crippen molar-refractivity contribution in [2.75, 3.05) is 4.90 Å². The first-order valence-electron chi connectivity index (χ1n) is 8.54. The molecule has 1 N–H and O–H groups in total. The standard InChI is InChI=1S/C20H14ClN3O4/c1-11-10-15(23-28-11)24-17(12-6-8-22-9-7-12)16(19(26)20(24)27)18(25)13-2-4-14(21)5-3-13/h2-10,16-17H,1H3/p+1. The summed E-state index contributed by atoms with van der Waals surface area (Å²) >= 11 is 5.90. The molecule has 140 valence electrons. The number of aromatic nitrogens is 2. The second-order valence-electron chi connectivity index (χ2n) is 6.46. The van der Waals surface area contributed by atoms with E-state index in [0.29, 0.717) is 21.9 Å². The van der Waals surface area contributed by atoms with Gasteiger partial charge in [-0.3, -0.25) is 19.3 Å². The van der Waals surface area contributed by atoms with Crippen LogP contribution in [0, 0.1) is 12.8 Å². The van der Waals surface area contributed by atoms with Crippen molar-refractivity contribution in [2.24, 2.45) is 5.92 Å². The lowest BCUT2D eigenvalue weighted by atomic mass is 9.86. The van der Waals surface area contributed by atoms with Crippen molar-refractivity contribution in [2.45, 2.75) is 13.0 Å². The van der Waals surface area contributed by atoms with Gasteiger partial charge in [0.2, 0.25) is 5.78 Å². The van der Waals surface area contributed by atoms with Crippen molar-refractivity contribution in [3.8, 4) is 0 Å². The molecule has 0 radical (unpaired) electrons. The molecule has 2 atom stereocenters. The summed E-state index contributed by atoms with van der Waals surface area (Å²) < 4.78 is 5.08. The first-order chi connectivity index (χ1) is 13.5. The Kier molecular flexibility index (Phi) is 4.52. The quantitative estimate of drug-likeness (QED) is 0.384. The van der Waals surface area contributed by atoms with Crippen LogP contribution in [0.1, 0.15) is 27.7 Å². The summed E-state index contributed by atoms with van der Waals surface area (Å²) in [4.78, 5) is 43.0. The van der Waals surface area contributed by atoms with E-state index in [-0.39, 0.29) is 5.82 Å². The number of rotatable bonds is 4. The zero-order valence-electron chi connectivity index (χ0n) is 14.8. The van der Waals surface area contributed by atoms with Gasteiger partial charge in [-0.1, -0.05) is 16.8 Å². The van der Waals surface area contributed by atoms with E-state index in [2.05, 4.69) is 10.1 Å². The molecule has 0 saturated carbocycles. The van der Waals surface area contributed by atoms with Crippen molar-refractivity contribution in [1.82, 2.24) is 5.16 Å². The first kappa shape index (κ1) is 18.1. The normalized spacial score (nSPS) is 19.3. The third-order valence-corrected chi connectivity index (χ3v) is 4.92. The van der Waals surface area contributed by atoms with E-state index in [1.54, 1.807) is 61.8 Å². The van der Waals surface area contributed by atoms with Crippen molar-refractivity contribution in [3.63, 3.8) is 0 Å². The minimum absolute atomic E-state index is 0.195. The van der Waals surface area contributed by atoms with Crippen LogP contribution in [-0.2, 0) is 9.59 Å². The summed E-state index contributed by atoms with van der Waals surface area (Å²) in [6.45, 7) is 1.68. The molecule has 8 heteroatoms. The monoisotopic (exact) mass is 396 g/mol. The van der Waals surface area contributed by atoms with E-state index in [9.17, 15) is 14.4 Å². The van der Waals surface area contributed by atoms with Crippen LogP contribution in [0.25, 0.3) is 0 Å². The van der Waals surface area contributed by atoms with Crippen LogP contribution in [0.5, 0.6) is 0 Å². The largest absolute Gasteiger partial charge is 0.360 e. The summed E-state index contributed by atoms with van der Waals surface area (Å²) in [5, 5.41) is 4.35. The SMILES string of the molecule is Cc1cc(N2C(=O)C(=O)C(C(=O)c3ccc(Cl)cc3)C2c2cc[nH+]cc2)no1. The number of H-pyrrole nitrogens is 1. The minimum atomic E-state index is -1.20. The fraction of sp³-hybridized carbons (Fsp3) is 0.150. The van der Waals surface area contributed by atoms with Crippen LogP contribution in [0.3, 0.4) is 0 Å². The number of aryl methyl sites for hydroxylation is 1. The smallest absolute Gasteiger partial charge is 0.297 e. The van der Waals surface area contributed by atoms with Gasteiger partial charge in [-0.15, -0.1) is 0 Å². The maximum atomic E-state index is 13.2. The fourth-order valence-corrected chi connectivity index (χ4v) is 3.50. The van der Waals surface area contributed by atoms with Crippen LogP contribution in [0.15, 0.2) is 59.4 Å². The summed E-state index contributed by atoms with van der Waals surface area (Å²) in [7, 11) is 0. The summed E-state index contributed by atoms with van der Waals surface area (Å²) in [6.07, 6.45) is 3.33. The van der Waals surface area contributed by atoms with E-state index in [4.69, 9.17) is 16.1 Å². The Morgan fingerprint density at radius 1 is 1.14 bits per heavy atom. The summed E-state index contributed by atoms with van der Waals surface area (Å²) in [5.74, 6) is -2.54. The number of Topliss-reactive ketones (excluding diaryl/α,β-unsaturated/α-hetero) is 2. The Morgan fingerprint density at radius 2 is 1.82 bits per heavy atom. The van der Waals surface area contributed by atoms with Crippen LogP contribution in [0.2, 0.25) is 5.02 Å². The summed E-state index contributed by atoms with van der Waals surface area (Å²) in [5.41, 5.74) is 0.937.